The van der Waals surface area contributed by atoms with Crippen LogP contribution in [0.25, 0.3) is 5.69 Å². The molecule has 9 heteroatoms. The summed E-state index contributed by atoms with van der Waals surface area (Å²) in [5.41, 5.74) is 1.97. The van der Waals surface area contributed by atoms with Gasteiger partial charge in [-0.1, -0.05) is 35.0 Å². The predicted molar refractivity (Wildman–Crippen MR) is 109 cm³/mol. The van der Waals surface area contributed by atoms with Gasteiger partial charge in [-0.3, -0.25) is 9.59 Å². The van der Waals surface area contributed by atoms with Crippen LogP contribution in [0.5, 0.6) is 0 Å². The minimum atomic E-state index is -0.371. The van der Waals surface area contributed by atoms with Crippen molar-refractivity contribution < 1.29 is 9.32 Å². The van der Waals surface area contributed by atoms with Gasteiger partial charge in [0.2, 0.25) is 0 Å². The van der Waals surface area contributed by atoms with Crippen LogP contribution in [0, 0.1) is 13.8 Å². The summed E-state index contributed by atoms with van der Waals surface area (Å²) in [4.78, 5) is 29.2. The van der Waals surface area contributed by atoms with Gasteiger partial charge in [0, 0.05) is 26.2 Å². The SMILES string of the molecule is Cc1noc(C)c1C(=O)N1CCN(c2cnn(-c3ccccc3)c(=O)c2Cl)CC1. The standard InChI is InChI=1S/C20H20ClN5O3/c1-13-17(14(2)29-23-13)19(27)25-10-8-24(9-11-25)16-12-22-26(20(28)18(16)21)15-6-4-3-5-7-15/h3-7,12H,8-11H2,1-2H3. The first kappa shape index (κ1) is 19.2. The Morgan fingerprint density at radius 2 is 1.79 bits per heavy atom. The third kappa shape index (κ3) is 3.51. The zero-order valence-corrected chi connectivity index (χ0v) is 16.9. The number of carbonyl (C=O) groups excluding carboxylic acids is 1. The highest BCUT2D eigenvalue weighted by molar-refractivity contribution is 6.33. The van der Waals surface area contributed by atoms with Crippen molar-refractivity contribution in [3.05, 3.63) is 68.9 Å². The van der Waals surface area contributed by atoms with E-state index in [1.165, 1.54) is 4.68 Å². The second kappa shape index (κ2) is 7.71. The predicted octanol–water partition coefficient (Wildman–Crippen LogP) is 2.45. The summed E-state index contributed by atoms with van der Waals surface area (Å²) in [6.45, 7) is 5.59. The van der Waals surface area contributed by atoms with Crippen LogP contribution in [0.2, 0.25) is 5.02 Å². The van der Waals surface area contributed by atoms with E-state index in [4.69, 9.17) is 16.1 Å². The van der Waals surface area contributed by atoms with Crippen LogP contribution in [0.1, 0.15) is 21.8 Å². The van der Waals surface area contributed by atoms with E-state index in [9.17, 15) is 9.59 Å². The number of rotatable bonds is 3. The number of hydrogen-bond donors (Lipinski definition) is 0. The van der Waals surface area contributed by atoms with Gasteiger partial charge in [-0.05, 0) is 26.0 Å². The summed E-state index contributed by atoms with van der Waals surface area (Å²) in [5, 5.41) is 8.25. The molecule has 2 aromatic heterocycles. The molecule has 1 saturated heterocycles. The van der Waals surface area contributed by atoms with Crippen molar-refractivity contribution in [3.63, 3.8) is 0 Å². The molecule has 0 N–H and O–H groups in total. The number of aromatic nitrogens is 3. The number of hydrogen-bond acceptors (Lipinski definition) is 6. The number of aryl methyl sites for hydroxylation is 2. The zero-order chi connectivity index (χ0) is 20.5. The number of amides is 1. The van der Waals surface area contributed by atoms with E-state index < -0.39 is 0 Å². The van der Waals surface area contributed by atoms with E-state index in [0.717, 1.165) is 0 Å². The molecule has 29 heavy (non-hydrogen) atoms. The summed E-state index contributed by atoms with van der Waals surface area (Å²) in [6.07, 6.45) is 1.60. The molecule has 8 nitrogen and oxygen atoms in total. The highest BCUT2D eigenvalue weighted by Crippen LogP contribution is 2.24. The lowest BCUT2D eigenvalue weighted by molar-refractivity contribution is 0.0744. The summed E-state index contributed by atoms with van der Waals surface area (Å²) in [6, 6.07) is 9.13. The normalized spacial score (nSPS) is 14.3. The quantitative estimate of drug-likeness (QED) is 0.655. The highest BCUT2D eigenvalue weighted by Gasteiger charge is 2.28. The fraction of sp³-hybridized carbons (Fsp3) is 0.300. The van der Waals surface area contributed by atoms with Crippen LogP contribution in [0.3, 0.4) is 0 Å². The van der Waals surface area contributed by atoms with E-state index in [2.05, 4.69) is 10.3 Å². The molecule has 0 spiro atoms. The van der Waals surface area contributed by atoms with Crippen LogP contribution >= 0.6 is 11.6 Å². The van der Waals surface area contributed by atoms with Crippen LogP contribution in [-0.4, -0.2) is 51.9 Å². The van der Waals surface area contributed by atoms with E-state index in [-0.39, 0.29) is 16.5 Å². The lowest BCUT2D eigenvalue weighted by Crippen LogP contribution is -2.49. The first-order valence-corrected chi connectivity index (χ1v) is 9.65. The van der Waals surface area contributed by atoms with Gasteiger partial charge in [-0.2, -0.15) is 9.78 Å². The van der Waals surface area contributed by atoms with Gasteiger partial charge in [0.1, 0.15) is 16.3 Å². The molecule has 1 aliphatic heterocycles. The Morgan fingerprint density at radius 3 is 2.41 bits per heavy atom. The van der Waals surface area contributed by atoms with Crippen LogP contribution in [0.15, 0.2) is 45.8 Å². The summed E-state index contributed by atoms with van der Waals surface area (Å²) in [7, 11) is 0. The molecule has 4 rings (SSSR count). The number of halogens is 1. The van der Waals surface area contributed by atoms with E-state index in [1.54, 1.807) is 37.1 Å². The fourth-order valence-electron chi connectivity index (χ4n) is 3.49. The second-order valence-electron chi connectivity index (χ2n) is 6.87. The monoisotopic (exact) mass is 413 g/mol. The highest BCUT2D eigenvalue weighted by atomic mass is 35.5. The Hall–Kier alpha value is -3.13. The van der Waals surface area contributed by atoms with Crippen molar-refractivity contribution >= 4 is 23.2 Å². The van der Waals surface area contributed by atoms with Gasteiger partial charge in [-0.15, -0.1) is 0 Å². The van der Waals surface area contributed by atoms with Crippen molar-refractivity contribution in [2.45, 2.75) is 13.8 Å². The summed E-state index contributed by atoms with van der Waals surface area (Å²) in [5.74, 6) is 0.427. The van der Waals surface area contributed by atoms with Gasteiger partial charge < -0.3 is 14.3 Å². The molecule has 1 fully saturated rings. The Morgan fingerprint density at radius 1 is 1.10 bits per heavy atom. The molecule has 0 saturated carbocycles. The molecule has 0 atom stereocenters. The first-order valence-electron chi connectivity index (χ1n) is 9.27. The van der Waals surface area contributed by atoms with Crippen molar-refractivity contribution in [1.82, 2.24) is 19.8 Å². The van der Waals surface area contributed by atoms with Gasteiger partial charge in [-0.25, -0.2) is 0 Å². The maximum Gasteiger partial charge on any atom is 0.292 e. The third-order valence-corrected chi connectivity index (χ3v) is 5.41. The average Bonchev–Trinajstić information content (AvgIpc) is 3.08. The minimum absolute atomic E-state index is 0.0929. The maximum absolute atomic E-state index is 12.8. The van der Waals surface area contributed by atoms with E-state index >= 15 is 0 Å². The van der Waals surface area contributed by atoms with Crippen molar-refractivity contribution in [3.8, 4) is 5.69 Å². The second-order valence-corrected chi connectivity index (χ2v) is 7.25. The average molecular weight is 414 g/mol. The topological polar surface area (TPSA) is 84.5 Å². The van der Waals surface area contributed by atoms with Crippen molar-refractivity contribution in [2.75, 3.05) is 31.1 Å². The fourth-order valence-corrected chi connectivity index (χ4v) is 3.74. The van der Waals surface area contributed by atoms with Gasteiger partial charge in [0.15, 0.2) is 0 Å². The largest absolute Gasteiger partial charge is 0.365 e. The lowest BCUT2D eigenvalue weighted by atomic mass is 10.1. The Bertz CT molecular complexity index is 1080. The Labute approximate surface area is 172 Å². The van der Waals surface area contributed by atoms with Crippen LogP contribution in [-0.2, 0) is 0 Å². The molecule has 3 aromatic rings. The van der Waals surface area contributed by atoms with Gasteiger partial charge in [0.05, 0.1) is 23.3 Å². The molecule has 0 bridgehead atoms. The molecular weight excluding hydrogens is 394 g/mol. The Balaban J connectivity index is 1.51. The zero-order valence-electron chi connectivity index (χ0n) is 16.1. The van der Waals surface area contributed by atoms with E-state index in [1.807, 2.05) is 23.1 Å². The smallest absolute Gasteiger partial charge is 0.292 e. The lowest BCUT2D eigenvalue weighted by Gasteiger charge is -2.36. The van der Waals surface area contributed by atoms with Crippen LogP contribution < -0.4 is 10.5 Å². The molecule has 1 aliphatic rings. The Kier molecular flexibility index (Phi) is 5.10. The number of piperazine rings is 1. The number of anilines is 1. The molecule has 0 radical (unpaired) electrons. The molecule has 1 aromatic carbocycles. The van der Waals surface area contributed by atoms with Crippen molar-refractivity contribution in [2.24, 2.45) is 0 Å². The van der Waals surface area contributed by atoms with Gasteiger partial charge in [0.25, 0.3) is 11.5 Å². The number of benzene rings is 1. The van der Waals surface area contributed by atoms with E-state index in [0.29, 0.717) is 54.6 Å². The van der Waals surface area contributed by atoms with Crippen molar-refractivity contribution in [1.29, 1.82) is 0 Å². The molecule has 3 heterocycles. The molecule has 0 unspecified atom stereocenters. The summed E-state index contributed by atoms with van der Waals surface area (Å²) < 4.78 is 6.38. The summed E-state index contributed by atoms with van der Waals surface area (Å²) >= 11 is 6.39. The molecule has 0 aliphatic carbocycles. The minimum Gasteiger partial charge on any atom is -0.365 e. The third-order valence-electron chi connectivity index (χ3n) is 5.06. The maximum atomic E-state index is 12.8. The van der Waals surface area contributed by atoms with Crippen LogP contribution in [0.4, 0.5) is 5.69 Å². The number of carbonyl (C=O) groups is 1. The number of para-hydroxylation sites is 1. The molecular formula is C20H20ClN5O3. The number of nitrogens with zero attached hydrogens (tertiary/aromatic N) is 5. The molecule has 150 valence electrons. The van der Waals surface area contributed by atoms with Gasteiger partial charge >= 0.3 is 0 Å². The first-order chi connectivity index (χ1) is 14.0. The molecule has 1 amide bonds.